The van der Waals surface area contributed by atoms with Gasteiger partial charge in [-0.1, -0.05) is 6.92 Å². The lowest BCUT2D eigenvalue weighted by Crippen LogP contribution is -2.21. The molecule has 0 aliphatic carbocycles. The molecular formula is C15H21FN4S. The average Bonchev–Trinajstić information content (AvgIpc) is 2.86. The van der Waals surface area contributed by atoms with Gasteiger partial charge in [0.1, 0.15) is 0 Å². The summed E-state index contributed by atoms with van der Waals surface area (Å²) in [5.74, 6) is 0.143. The Balaban J connectivity index is 2.11. The summed E-state index contributed by atoms with van der Waals surface area (Å²) in [6.07, 6.45) is 2.70. The second-order valence-corrected chi connectivity index (χ2v) is 5.94. The molecule has 0 aliphatic rings. The zero-order chi connectivity index (χ0) is 15.2. The van der Waals surface area contributed by atoms with Crippen molar-refractivity contribution in [2.75, 3.05) is 18.5 Å². The van der Waals surface area contributed by atoms with Gasteiger partial charge in [0.15, 0.2) is 11.6 Å². The molecule has 0 unspecified atom stereocenters. The summed E-state index contributed by atoms with van der Waals surface area (Å²) in [5.41, 5.74) is 3.46. The Labute approximate surface area is 129 Å². The van der Waals surface area contributed by atoms with Gasteiger partial charge in [0.05, 0.1) is 17.7 Å². The van der Waals surface area contributed by atoms with Crippen molar-refractivity contribution in [2.24, 2.45) is 0 Å². The fraction of sp³-hybridized carbons (Fsp3) is 0.467. The molecule has 21 heavy (non-hydrogen) atoms. The van der Waals surface area contributed by atoms with Crippen LogP contribution in [-0.2, 0) is 13.1 Å². The molecule has 0 aliphatic heterocycles. The predicted octanol–water partition coefficient (Wildman–Crippen LogP) is 3.12. The number of hydrogen-bond donors (Lipinski definition) is 1. The fourth-order valence-electron chi connectivity index (χ4n) is 2.04. The van der Waals surface area contributed by atoms with E-state index >= 15 is 0 Å². The Kier molecular flexibility index (Phi) is 5.64. The van der Waals surface area contributed by atoms with E-state index in [1.54, 1.807) is 23.6 Å². The van der Waals surface area contributed by atoms with Crippen molar-refractivity contribution in [2.45, 2.75) is 33.4 Å². The van der Waals surface area contributed by atoms with Gasteiger partial charge >= 0.3 is 0 Å². The minimum Gasteiger partial charge on any atom is -0.352 e. The normalized spacial score (nSPS) is 10.9. The number of halogens is 1. The van der Waals surface area contributed by atoms with Crippen molar-refractivity contribution in [1.29, 1.82) is 0 Å². The molecule has 1 N–H and O–H groups in total. The van der Waals surface area contributed by atoms with Gasteiger partial charge in [0.25, 0.3) is 0 Å². The zero-order valence-corrected chi connectivity index (χ0v) is 13.5. The van der Waals surface area contributed by atoms with Crippen molar-refractivity contribution < 1.29 is 4.39 Å². The third-order valence-corrected chi connectivity index (χ3v) is 4.20. The van der Waals surface area contributed by atoms with Crippen LogP contribution in [0.4, 0.5) is 10.2 Å². The van der Waals surface area contributed by atoms with Gasteiger partial charge in [-0.2, -0.15) is 0 Å². The molecule has 2 aromatic heterocycles. The molecule has 2 rings (SSSR count). The van der Waals surface area contributed by atoms with E-state index in [0.29, 0.717) is 24.5 Å². The van der Waals surface area contributed by atoms with Crippen molar-refractivity contribution in [1.82, 2.24) is 15.3 Å². The molecule has 0 radical (unpaired) electrons. The summed E-state index contributed by atoms with van der Waals surface area (Å²) < 4.78 is 14.5. The van der Waals surface area contributed by atoms with Crippen LogP contribution in [0.2, 0.25) is 0 Å². The van der Waals surface area contributed by atoms with Crippen LogP contribution in [0.3, 0.4) is 0 Å². The molecule has 114 valence electrons. The number of nitrogens with zero attached hydrogens (tertiary/aromatic N) is 3. The SMILES string of the molecule is CCCNCc1ccnc(N(C)Cc2scnc2C)c1F. The van der Waals surface area contributed by atoms with Crippen molar-refractivity contribution in [3.8, 4) is 0 Å². The van der Waals surface area contributed by atoms with Crippen LogP contribution in [-0.4, -0.2) is 23.6 Å². The molecule has 2 aromatic rings. The Morgan fingerprint density at radius 3 is 2.86 bits per heavy atom. The minimum atomic E-state index is -0.245. The molecule has 0 atom stereocenters. The van der Waals surface area contributed by atoms with Gasteiger partial charge in [-0.05, 0) is 26.0 Å². The maximum atomic E-state index is 14.5. The number of pyridine rings is 1. The summed E-state index contributed by atoms with van der Waals surface area (Å²) in [4.78, 5) is 11.4. The van der Waals surface area contributed by atoms with Crippen LogP contribution in [0.25, 0.3) is 0 Å². The summed E-state index contributed by atoms with van der Waals surface area (Å²) in [6.45, 7) is 6.09. The third kappa shape index (κ3) is 3.98. The Morgan fingerprint density at radius 1 is 1.38 bits per heavy atom. The first-order chi connectivity index (χ1) is 10.1. The smallest absolute Gasteiger partial charge is 0.170 e. The van der Waals surface area contributed by atoms with Crippen LogP contribution >= 0.6 is 11.3 Å². The summed E-state index contributed by atoms with van der Waals surface area (Å²) in [7, 11) is 1.85. The summed E-state index contributed by atoms with van der Waals surface area (Å²) in [5, 5.41) is 3.22. The van der Waals surface area contributed by atoms with Gasteiger partial charge in [0, 0.05) is 30.2 Å². The number of anilines is 1. The van der Waals surface area contributed by atoms with E-state index in [0.717, 1.165) is 23.5 Å². The van der Waals surface area contributed by atoms with Gasteiger partial charge in [-0.25, -0.2) is 14.4 Å². The molecule has 0 bridgehead atoms. The molecule has 0 spiro atoms. The van der Waals surface area contributed by atoms with E-state index in [1.165, 1.54) is 0 Å². The molecule has 0 saturated carbocycles. The summed E-state index contributed by atoms with van der Waals surface area (Å²) in [6, 6.07) is 1.73. The Hall–Kier alpha value is -1.53. The quantitative estimate of drug-likeness (QED) is 0.798. The van der Waals surface area contributed by atoms with E-state index in [1.807, 2.05) is 24.4 Å². The van der Waals surface area contributed by atoms with Gasteiger partial charge in [-0.3, -0.25) is 0 Å². The number of rotatable bonds is 7. The molecule has 0 aromatic carbocycles. The Bertz CT molecular complexity index is 585. The van der Waals surface area contributed by atoms with Gasteiger partial charge in [-0.15, -0.1) is 11.3 Å². The molecule has 0 saturated heterocycles. The monoisotopic (exact) mass is 308 g/mol. The highest BCUT2D eigenvalue weighted by Crippen LogP contribution is 2.22. The van der Waals surface area contributed by atoms with E-state index in [9.17, 15) is 4.39 Å². The number of aryl methyl sites for hydroxylation is 1. The number of thiazole rings is 1. The first-order valence-electron chi connectivity index (χ1n) is 7.07. The van der Waals surface area contributed by atoms with Gasteiger partial charge < -0.3 is 10.2 Å². The van der Waals surface area contributed by atoms with E-state index < -0.39 is 0 Å². The largest absolute Gasteiger partial charge is 0.352 e. The van der Waals surface area contributed by atoms with Crippen LogP contribution < -0.4 is 10.2 Å². The fourth-order valence-corrected chi connectivity index (χ4v) is 2.87. The van der Waals surface area contributed by atoms with Crippen LogP contribution in [0.1, 0.15) is 29.5 Å². The van der Waals surface area contributed by atoms with Gasteiger partial charge in [0.2, 0.25) is 0 Å². The number of nitrogens with one attached hydrogen (secondary N) is 1. The maximum absolute atomic E-state index is 14.5. The molecular weight excluding hydrogens is 287 g/mol. The topological polar surface area (TPSA) is 41.1 Å². The van der Waals surface area contributed by atoms with E-state index in [4.69, 9.17) is 0 Å². The van der Waals surface area contributed by atoms with Crippen LogP contribution in [0, 0.1) is 12.7 Å². The summed E-state index contributed by atoms with van der Waals surface area (Å²) >= 11 is 1.58. The van der Waals surface area contributed by atoms with Crippen molar-refractivity contribution >= 4 is 17.2 Å². The minimum absolute atomic E-state index is 0.245. The molecule has 2 heterocycles. The standard InChI is InChI=1S/C15H21FN4S/c1-4-6-17-8-12-5-7-18-15(14(12)16)20(3)9-13-11(2)19-10-21-13/h5,7,10,17H,4,6,8-9H2,1-3H3. The van der Waals surface area contributed by atoms with Crippen LogP contribution in [0.15, 0.2) is 17.8 Å². The molecule has 4 nitrogen and oxygen atoms in total. The Morgan fingerprint density at radius 2 is 2.19 bits per heavy atom. The molecule has 6 heteroatoms. The van der Waals surface area contributed by atoms with Crippen molar-refractivity contribution in [3.63, 3.8) is 0 Å². The third-order valence-electron chi connectivity index (χ3n) is 3.28. The second kappa shape index (κ2) is 7.47. The lowest BCUT2D eigenvalue weighted by Gasteiger charge is -2.19. The number of hydrogen-bond acceptors (Lipinski definition) is 5. The number of aromatic nitrogens is 2. The first kappa shape index (κ1) is 15.9. The first-order valence-corrected chi connectivity index (χ1v) is 7.95. The zero-order valence-electron chi connectivity index (χ0n) is 12.7. The van der Waals surface area contributed by atoms with E-state index in [-0.39, 0.29) is 5.82 Å². The second-order valence-electron chi connectivity index (χ2n) is 5.00. The molecule has 0 fully saturated rings. The average molecular weight is 308 g/mol. The molecule has 0 amide bonds. The highest BCUT2D eigenvalue weighted by atomic mass is 32.1. The maximum Gasteiger partial charge on any atom is 0.170 e. The van der Waals surface area contributed by atoms with Crippen LogP contribution in [0.5, 0.6) is 0 Å². The predicted molar refractivity (Wildman–Crippen MR) is 85.2 cm³/mol. The lowest BCUT2D eigenvalue weighted by atomic mass is 10.2. The lowest BCUT2D eigenvalue weighted by molar-refractivity contribution is 0.577. The van der Waals surface area contributed by atoms with Crippen molar-refractivity contribution in [3.05, 3.63) is 39.7 Å². The highest BCUT2D eigenvalue weighted by Gasteiger charge is 2.15. The highest BCUT2D eigenvalue weighted by molar-refractivity contribution is 7.09. The van der Waals surface area contributed by atoms with E-state index in [2.05, 4.69) is 22.2 Å².